The Hall–Kier alpha value is -2.38. The summed E-state index contributed by atoms with van der Waals surface area (Å²) in [4.78, 5) is 14.1. The average molecular weight is 415 g/mol. The second kappa shape index (κ2) is 9.62. The smallest absolute Gasteiger partial charge is 0.407 e. The van der Waals surface area contributed by atoms with Gasteiger partial charge in [0.25, 0.3) is 0 Å². The predicted octanol–water partition coefficient (Wildman–Crippen LogP) is 3.26. The number of rotatable bonds is 7. The zero-order chi connectivity index (χ0) is 21.7. The van der Waals surface area contributed by atoms with E-state index < -0.39 is 17.8 Å². The van der Waals surface area contributed by atoms with Gasteiger partial charge in [-0.05, 0) is 52.6 Å². The molecule has 1 saturated heterocycles. The molecule has 1 aromatic carbocycles. The highest BCUT2D eigenvalue weighted by atomic mass is 16.6. The Labute approximate surface area is 179 Å². The SMILES string of the molecule is Cc1nn(Cc2ccccc2)cc1[C@@H](O)[C@@H]1CCCN1CCNC(=O)OC(C)(C)C. The summed E-state index contributed by atoms with van der Waals surface area (Å²) in [5.74, 6) is 0. The fourth-order valence-corrected chi connectivity index (χ4v) is 3.99. The monoisotopic (exact) mass is 414 g/mol. The Morgan fingerprint density at radius 3 is 2.77 bits per heavy atom. The molecule has 2 heterocycles. The Morgan fingerprint density at radius 2 is 2.07 bits per heavy atom. The highest BCUT2D eigenvalue weighted by molar-refractivity contribution is 5.67. The first-order valence-electron chi connectivity index (χ1n) is 10.7. The van der Waals surface area contributed by atoms with Crippen molar-refractivity contribution in [3.63, 3.8) is 0 Å². The molecule has 1 aromatic heterocycles. The maximum absolute atomic E-state index is 11.9. The Balaban J connectivity index is 1.57. The Morgan fingerprint density at radius 1 is 1.33 bits per heavy atom. The number of carbonyl (C=O) groups excluding carboxylic acids is 1. The van der Waals surface area contributed by atoms with Crippen molar-refractivity contribution in [2.24, 2.45) is 0 Å². The van der Waals surface area contributed by atoms with Crippen molar-refractivity contribution in [2.45, 2.75) is 64.8 Å². The van der Waals surface area contributed by atoms with E-state index in [-0.39, 0.29) is 6.04 Å². The number of hydrogen-bond donors (Lipinski definition) is 2. The fraction of sp³-hybridized carbons (Fsp3) is 0.565. The van der Waals surface area contributed by atoms with E-state index in [0.29, 0.717) is 19.6 Å². The molecule has 1 fully saturated rings. The second-order valence-corrected chi connectivity index (χ2v) is 8.97. The van der Waals surface area contributed by atoms with Crippen molar-refractivity contribution in [3.05, 3.63) is 53.3 Å². The summed E-state index contributed by atoms with van der Waals surface area (Å²) < 4.78 is 7.18. The molecular formula is C23H34N4O3. The van der Waals surface area contributed by atoms with Crippen LogP contribution in [-0.2, 0) is 11.3 Å². The number of aromatic nitrogens is 2. The molecule has 0 aliphatic carbocycles. The summed E-state index contributed by atoms with van der Waals surface area (Å²) in [5, 5.41) is 18.5. The van der Waals surface area contributed by atoms with Gasteiger partial charge in [0.15, 0.2) is 0 Å². The van der Waals surface area contributed by atoms with E-state index >= 15 is 0 Å². The number of aliphatic hydroxyl groups excluding tert-OH is 1. The average Bonchev–Trinajstić information content (AvgIpc) is 3.27. The number of aryl methyl sites for hydroxylation is 1. The molecule has 1 aliphatic heterocycles. The lowest BCUT2D eigenvalue weighted by Gasteiger charge is -2.28. The first kappa shape index (κ1) is 22.3. The molecule has 0 radical (unpaired) electrons. The van der Waals surface area contributed by atoms with Crippen LogP contribution in [0.2, 0.25) is 0 Å². The number of nitrogens with zero attached hydrogens (tertiary/aromatic N) is 3. The van der Waals surface area contributed by atoms with Gasteiger partial charge in [-0.3, -0.25) is 9.58 Å². The number of nitrogens with one attached hydrogen (secondary N) is 1. The van der Waals surface area contributed by atoms with E-state index in [2.05, 4.69) is 27.4 Å². The number of aliphatic hydroxyl groups is 1. The highest BCUT2D eigenvalue weighted by Crippen LogP contribution is 2.30. The number of amides is 1. The van der Waals surface area contributed by atoms with Gasteiger partial charge in [0.2, 0.25) is 0 Å². The van der Waals surface area contributed by atoms with E-state index in [9.17, 15) is 9.90 Å². The molecule has 7 nitrogen and oxygen atoms in total. The van der Waals surface area contributed by atoms with Crippen LogP contribution < -0.4 is 5.32 Å². The lowest BCUT2D eigenvalue weighted by Crippen LogP contribution is -2.41. The van der Waals surface area contributed by atoms with Gasteiger partial charge in [-0.1, -0.05) is 30.3 Å². The van der Waals surface area contributed by atoms with Crippen molar-refractivity contribution in [1.82, 2.24) is 20.0 Å². The summed E-state index contributed by atoms with van der Waals surface area (Å²) in [5.41, 5.74) is 2.41. The second-order valence-electron chi connectivity index (χ2n) is 8.97. The molecule has 2 atom stereocenters. The van der Waals surface area contributed by atoms with E-state index in [0.717, 1.165) is 30.6 Å². The third-order valence-corrected chi connectivity index (χ3v) is 5.34. The van der Waals surface area contributed by atoms with Crippen molar-refractivity contribution in [1.29, 1.82) is 0 Å². The number of alkyl carbamates (subject to hydrolysis) is 1. The van der Waals surface area contributed by atoms with Crippen LogP contribution in [0.25, 0.3) is 0 Å². The highest BCUT2D eigenvalue weighted by Gasteiger charge is 2.33. The van der Waals surface area contributed by atoms with Crippen LogP contribution in [0.15, 0.2) is 36.5 Å². The van der Waals surface area contributed by atoms with Crippen LogP contribution >= 0.6 is 0 Å². The number of hydrogen-bond acceptors (Lipinski definition) is 5. The molecule has 7 heteroatoms. The largest absolute Gasteiger partial charge is 0.444 e. The normalized spacial score (nSPS) is 18.4. The quantitative estimate of drug-likeness (QED) is 0.727. The van der Waals surface area contributed by atoms with E-state index in [4.69, 9.17) is 4.74 Å². The standard InChI is InChI=1S/C23H34N4O3/c1-17-19(16-27(25-17)15-18-9-6-5-7-10-18)21(28)20-11-8-13-26(20)14-12-24-22(29)30-23(2,3)4/h5-7,9-10,16,20-21,28H,8,11-15H2,1-4H3,(H,24,29)/t20-,21+/m0/s1. The van der Waals surface area contributed by atoms with Crippen LogP contribution in [0.4, 0.5) is 4.79 Å². The maximum Gasteiger partial charge on any atom is 0.407 e. The minimum absolute atomic E-state index is 0.0264. The van der Waals surface area contributed by atoms with Gasteiger partial charge in [0, 0.05) is 30.9 Å². The molecule has 1 aliphatic rings. The van der Waals surface area contributed by atoms with Crippen LogP contribution in [0.1, 0.15) is 56.5 Å². The molecule has 0 saturated carbocycles. The molecule has 0 spiro atoms. The Kier molecular flexibility index (Phi) is 7.15. The van der Waals surface area contributed by atoms with Crippen LogP contribution in [0.5, 0.6) is 0 Å². The summed E-state index contributed by atoms with van der Waals surface area (Å²) >= 11 is 0. The number of ether oxygens (including phenoxy) is 1. The first-order valence-corrected chi connectivity index (χ1v) is 10.7. The topological polar surface area (TPSA) is 79.6 Å². The van der Waals surface area contributed by atoms with Crippen molar-refractivity contribution in [3.8, 4) is 0 Å². The van der Waals surface area contributed by atoms with Crippen LogP contribution in [0.3, 0.4) is 0 Å². The molecular weight excluding hydrogens is 380 g/mol. The van der Waals surface area contributed by atoms with Crippen molar-refractivity contribution in [2.75, 3.05) is 19.6 Å². The van der Waals surface area contributed by atoms with Crippen molar-refractivity contribution >= 4 is 6.09 Å². The molecule has 0 bridgehead atoms. The molecule has 30 heavy (non-hydrogen) atoms. The third kappa shape index (κ3) is 6.06. The summed E-state index contributed by atoms with van der Waals surface area (Å²) in [6, 6.07) is 10.2. The lowest BCUT2D eigenvalue weighted by molar-refractivity contribution is 0.0499. The molecule has 3 rings (SSSR count). The zero-order valence-corrected chi connectivity index (χ0v) is 18.5. The molecule has 2 N–H and O–H groups in total. The third-order valence-electron chi connectivity index (χ3n) is 5.34. The number of likely N-dealkylation sites (tertiary alicyclic amines) is 1. The van der Waals surface area contributed by atoms with Gasteiger partial charge in [0.05, 0.1) is 18.3 Å². The first-order chi connectivity index (χ1) is 14.2. The minimum Gasteiger partial charge on any atom is -0.444 e. The van der Waals surface area contributed by atoms with Gasteiger partial charge < -0.3 is 15.2 Å². The molecule has 0 unspecified atom stereocenters. The van der Waals surface area contributed by atoms with E-state index in [1.807, 2.05) is 56.8 Å². The number of carbonyl (C=O) groups is 1. The van der Waals surface area contributed by atoms with Gasteiger partial charge in [-0.15, -0.1) is 0 Å². The summed E-state index contributed by atoms with van der Waals surface area (Å²) in [7, 11) is 0. The van der Waals surface area contributed by atoms with Gasteiger partial charge >= 0.3 is 6.09 Å². The molecule has 1 amide bonds. The fourth-order valence-electron chi connectivity index (χ4n) is 3.99. The minimum atomic E-state index is -0.599. The Bertz CT molecular complexity index is 829. The molecule has 164 valence electrons. The molecule has 2 aromatic rings. The van der Waals surface area contributed by atoms with Gasteiger partial charge in [0.1, 0.15) is 5.60 Å². The van der Waals surface area contributed by atoms with Crippen molar-refractivity contribution < 1.29 is 14.6 Å². The summed E-state index contributed by atoms with van der Waals surface area (Å²) in [6.45, 7) is 10.3. The van der Waals surface area contributed by atoms with Gasteiger partial charge in [-0.2, -0.15) is 5.10 Å². The van der Waals surface area contributed by atoms with Gasteiger partial charge in [-0.25, -0.2) is 4.79 Å². The van der Waals surface area contributed by atoms with Crippen LogP contribution in [0, 0.1) is 6.92 Å². The predicted molar refractivity (Wildman–Crippen MR) is 116 cm³/mol. The zero-order valence-electron chi connectivity index (χ0n) is 18.5. The summed E-state index contributed by atoms with van der Waals surface area (Å²) in [6.07, 6.45) is 2.92. The maximum atomic E-state index is 11.9. The van der Waals surface area contributed by atoms with E-state index in [1.165, 1.54) is 5.56 Å². The van der Waals surface area contributed by atoms with Crippen LogP contribution in [-0.4, -0.2) is 57.2 Å². The number of benzene rings is 1. The lowest BCUT2D eigenvalue weighted by atomic mass is 10.0. The van der Waals surface area contributed by atoms with E-state index in [1.54, 1.807) is 0 Å².